The summed E-state index contributed by atoms with van der Waals surface area (Å²) in [4.78, 5) is 0. The molecule has 0 spiro atoms. The van der Waals surface area contributed by atoms with Crippen molar-refractivity contribution in [2.24, 2.45) is 0 Å². The Bertz CT molecular complexity index is 461. The Morgan fingerprint density at radius 1 is 0.824 bits per heavy atom. The summed E-state index contributed by atoms with van der Waals surface area (Å²) in [6, 6.07) is 21.4. The molecule has 0 bridgehead atoms. The molecule has 0 aliphatic rings. The molecule has 0 atom stereocenters. The Balaban J connectivity index is 2.56. The molecule has 0 saturated carbocycles. The van der Waals surface area contributed by atoms with Crippen molar-refractivity contribution in [3.8, 4) is 0 Å². The molecule has 2 aromatic carbocycles. The summed E-state index contributed by atoms with van der Waals surface area (Å²) in [5.74, 6) is 0. The normalized spacial score (nSPS) is 10.1. The van der Waals surface area contributed by atoms with Crippen LogP contribution in [0.5, 0.6) is 0 Å². The van der Waals surface area contributed by atoms with Gasteiger partial charge < -0.3 is 0 Å². The second kappa shape index (κ2) is 6.61. The van der Waals surface area contributed by atoms with E-state index in [1.165, 1.54) is 16.7 Å². The SMILES string of the molecule is CC([Te][Mg+])=C(c1ccccc1)c1ccccc1. The number of hydrogen-bond donors (Lipinski definition) is 0. The van der Waals surface area contributed by atoms with Crippen LogP contribution in [0.3, 0.4) is 0 Å². The van der Waals surface area contributed by atoms with Crippen molar-refractivity contribution < 1.29 is 0 Å². The molecule has 0 unspecified atom stereocenters. The van der Waals surface area contributed by atoms with Crippen LogP contribution < -0.4 is 0 Å². The first-order chi connectivity index (χ1) is 8.33. The van der Waals surface area contributed by atoms with Gasteiger partial charge in [0.05, 0.1) is 0 Å². The van der Waals surface area contributed by atoms with Crippen LogP contribution in [0.15, 0.2) is 64.3 Å². The van der Waals surface area contributed by atoms with Crippen LogP contribution >= 0.6 is 0 Å². The van der Waals surface area contributed by atoms with Gasteiger partial charge in [-0.1, -0.05) is 0 Å². The van der Waals surface area contributed by atoms with Gasteiger partial charge in [0, 0.05) is 0 Å². The van der Waals surface area contributed by atoms with E-state index in [9.17, 15) is 0 Å². The van der Waals surface area contributed by atoms with E-state index in [1.54, 1.807) is 3.62 Å². The summed E-state index contributed by atoms with van der Waals surface area (Å²) in [7, 11) is 0. The summed E-state index contributed by atoms with van der Waals surface area (Å²) < 4.78 is 1.58. The molecule has 0 aliphatic carbocycles. The van der Waals surface area contributed by atoms with Crippen molar-refractivity contribution in [3.05, 3.63) is 75.4 Å². The van der Waals surface area contributed by atoms with Gasteiger partial charge in [0.25, 0.3) is 0 Å². The topological polar surface area (TPSA) is 0 Å². The molecule has 0 N–H and O–H groups in total. The number of benzene rings is 2. The van der Waals surface area contributed by atoms with Gasteiger partial charge in [0.1, 0.15) is 0 Å². The van der Waals surface area contributed by atoms with Gasteiger partial charge >= 0.3 is 123 Å². The maximum atomic E-state index is 2.28. The molecule has 2 aromatic rings. The first-order valence-corrected chi connectivity index (χ1v) is 12.3. The van der Waals surface area contributed by atoms with Gasteiger partial charge in [0.2, 0.25) is 0 Å². The Morgan fingerprint density at radius 2 is 1.24 bits per heavy atom. The van der Waals surface area contributed by atoms with Gasteiger partial charge in [-0.05, 0) is 0 Å². The van der Waals surface area contributed by atoms with E-state index < -0.39 is 0 Å². The fourth-order valence-corrected chi connectivity index (χ4v) is 3.91. The van der Waals surface area contributed by atoms with Crippen LogP contribution in [-0.4, -0.2) is 35.1 Å². The molecular formula is C15H13MgTe+. The van der Waals surface area contributed by atoms with E-state index in [-0.39, 0.29) is 17.2 Å². The van der Waals surface area contributed by atoms with E-state index in [1.807, 2.05) is 0 Å². The van der Waals surface area contributed by atoms with E-state index >= 15 is 0 Å². The average molecular weight is 345 g/mol. The molecule has 2 heteroatoms. The van der Waals surface area contributed by atoms with E-state index in [0.717, 1.165) is 0 Å². The predicted octanol–water partition coefficient (Wildman–Crippen LogP) is 3.25. The van der Waals surface area contributed by atoms with E-state index in [0.29, 0.717) is 0 Å². The first kappa shape index (κ1) is 13.2. The minimum absolute atomic E-state index is 0.0125. The molecule has 0 aliphatic heterocycles. The second-order valence-corrected chi connectivity index (χ2v) is 8.32. The van der Waals surface area contributed by atoms with Gasteiger partial charge in [-0.15, -0.1) is 0 Å². The first-order valence-electron chi connectivity index (χ1n) is 5.56. The van der Waals surface area contributed by atoms with E-state index in [2.05, 4.69) is 85.5 Å². The number of rotatable bonds is 3. The Labute approximate surface area is 122 Å². The molecule has 0 amide bonds. The second-order valence-electron chi connectivity index (χ2n) is 3.81. The fraction of sp³-hybridized carbons (Fsp3) is 0.0667. The molecule has 17 heavy (non-hydrogen) atoms. The van der Waals surface area contributed by atoms with Crippen molar-refractivity contribution >= 4 is 40.7 Å². The molecule has 80 valence electrons. The molecule has 0 radical (unpaired) electrons. The molecule has 0 saturated heterocycles. The van der Waals surface area contributed by atoms with Gasteiger partial charge in [0.15, 0.2) is 0 Å². The van der Waals surface area contributed by atoms with Crippen LogP contribution in [0.4, 0.5) is 0 Å². The van der Waals surface area contributed by atoms with Gasteiger partial charge in [-0.3, -0.25) is 0 Å². The van der Waals surface area contributed by atoms with E-state index in [4.69, 9.17) is 0 Å². The Morgan fingerprint density at radius 3 is 1.59 bits per heavy atom. The van der Waals surface area contributed by atoms with Gasteiger partial charge in [-0.2, -0.15) is 0 Å². The standard InChI is InChI=1S/C15H14Te.Mg/c1-12(16)15(13-8-4-2-5-9-13)14-10-6-3-7-11-14;/h2-11,16H,1H3;/q;+2/p-1. The van der Waals surface area contributed by atoms with Crippen LogP contribution in [0.2, 0.25) is 0 Å². The molecular weight excluding hydrogens is 332 g/mol. The molecule has 0 aromatic heterocycles. The average Bonchev–Trinajstić information content (AvgIpc) is 2.41. The van der Waals surface area contributed by atoms with Crippen molar-refractivity contribution in [2.75, 3.05) is 0 Å². The Hall–Kier alpha value is -0.264. The summed E-state index contributed by atoms with van der Waals surface area (Å²) in [5.41, 5.74) is 4.12. The quantitative estimate of drug-likeness (QED) is 0.750. The molecule has 2 rings (SSSR count). The third-order valence-electron chi connectivity index (χ3n) is 2.69. The molecule has 0 fully saturated rings. The zero-order valence-corrected chi connectivity index (χ0v) is 13.6. The van der Waals surface area contributed by atoms with Crippen LogP contribution in [0.1, 0.15) is 18.1 Å². The Kier molecular flexibility index (Phi) is 5.12. The summed E-state index contributed by atoms with van der Waals surface area (Å²) >= 11 is 2.13. The predicted molar refractivity (Wildman–Crippen MR) is 76.1 cm³/mol. The van der Waals surface area contributed by atoms with Crippen LogP contribution in [-0.2, 0) is 0 Å². The van der Waals surface area contributed by atoms with Crippen molar-refractivity contribution in [2.45, 2.75) is 6.92 Å². The molecule has 0 nitrogen and oxygen atoms in total. The summed E-state index contributed by atoms with van der Waals surface area (Å²) in [6.07, 6.45) is 0. The summed E-state index contributed by atoms with van der Waals surface area (Å²) in [6.45, 7) is 2.28. The van der Waals surface area contributed by atoms with Crippen molar-refractivity contribution in [3.63, 3.8) is 0 Å². The zero-order valence-electron chi connectivity index (χ0n) is 9.89. The number of allylic oxidation sites excluding steroid dienone is 1. The third-order valence-corrected chi connectivity index (χ3v) is 7.42. The number of hydrogen-bond acceptors (Lipinski definition) is 0. The van der Waals surface area contributed by atoms with Crippen LogP contribution in [0.25, 0.3) is 5.57 Å². The van der Waals surface area contributed by atoms with Gasteiger partial charge in [-0.25, -0.2) is 0 Å². The summed E-state index contributed by atoms with van der Waals surface area (Å²) in [5, 5.41) is 0. The zero-order chi connectivity index (χ0) is 12.1. The molecule has 0 heterocycles. The van der Waals surface area contributed by atoms with Crippen molar-refractivity contribution in [1.29, 1.82) is 0 Å². The fourth-order valence-electron chi connectivity index (χ4n) is 1.86. The van der Waals surface area contributed by atoms with Crippen molar-refractivity contribution in [1.82, 2.24) is 0 Å². The maximum absolute atomic E-state index is 2.28. The monoisotopic (exact) mass is 347 g/mol. The third kappa shape index (κ3) is 3.36. The van der Waals surface area contributed by atoms with Crippen LogP contribution in [0, 0.1) is 0 Å². The minimum atomic E-state index is -0.0125.